The highest BCUT2D eigenvalue weighted by molar-refractivity contribution is 5.64. The van der Waals surface area contributed by atoms with E-state index in [9.17, 15) is 4.79 Å². The van der Waals surface area contributed by atoms with Crippen LogP contribution in [0, 0.1) is 0 Å². The van der Waals surface area contributed by atoms with E-state index in [1.54, 1.807) is 0 Å². The van der Waals surface area contributed by atoms with Crippen molar-refractivity contribution in [3.63, 3.8) is 0 Å². The number of nitrogens with two attached hydrogens (primary N) is 1. The molecule has 4 heteroatoms. The van der Waals surface area contributed by atoms with Crippen LogP contribution in [0.2, 0.25) is 0 Å². The number of carbonyl (C=O) groups is 1. The molecule has 17 heavy (non-hydrogen) atoms. The third kappa shape index (κ3) is 5.92. The van der Waals surface area contributed by atoms with Crippen molar-refractivity contribution in [2.45, 2.75) is 25.8 Å². The predicted molar refractivity (Wildman–Crippen MR) is 67.8 cm³/mol. The van der Waals surface area contributed by atoms with Crippen LogP contribution in [-0.2, 0) is 11.2 Å². The standard InChI is InChI=1S/C13H20N2O2/c1-2-12(15-8-9-17-13(14)16)10-11-6-4-3-5-7-11/h3-7,12,15H,2,8-10H2,1H3,(H2,14,16). The van der Waals surface area contributed by atoms with E-state index in [4.69, 9.17) is 5.73 Å². The van der Waals surface area contributed by atoms with Crippen LogP contribution < -0.4 is 11.1 Å². The number of nitrogens with one attached hydrogen (secondary N) is 1. The molecule has 0 radical (unpaired) electrons. The molecule has 1 aromatic rings. The SMILES string of the molecule is CCC(Cc1ccccc1)NCCOC(N)=O. The van der Waals surface area contributed by atoms with E-state index >= 15 is 0 Å². The number of amides is 1. The Kier molecular flexibility index (Phi) is 6.10. The summed E-state index contributed by atoms with van der Waals surface area (Å²) < 4.78 is 4.66. The summed E-state index contributed by atoms with van der Waals surface area (Å²) >= 11 is 0. The van der Waals surface area contributed by atoms with Crippen LogP contribution in [-0.4, -0.2) is 25.3 Å². The molecular formula is C13H20N2O2. The van der Waals surface area contributed by atoms with Crippen LogP contribution in [0.1, 0.15) is 18.9 Å². The fourth-order valence-corrected chi connectivity index (χ4v) is 1.67. The Hall–Kier alpha value is -1.55. The zero-order valence-electron chi connectivity index (χ0n) is 10.2. The first-order chi connectivity index (χ1) is 8.22. The molecule has 0 fully saturated rings. The second kappa shape index (κ2) is 7.68. The summed E-state index contributed by atoms with van der Waals surface area (Å²) in [7, 11) is 0. The summed E-state index contributed by atoms with van der Waals surface area (Å²) in [6.45, 7) is 3.09. The van der Waals surface area contributed by atoms with Crippen molar-refractivity contribution in [2.75, 3.05) is 13.2 Å². The van der Waals surface area contributed by atoms with Crippen LogP contribution in [0.15, 0.2) is 30.3 Å². The molecule has 0 saturated heterocycles. The van der Waals surface area contributed by atoms with E-state index in [1.165, 1.54) is 5.56 Å². The van der Waals surface area contributed by atoms with Gasteiger partial charge in [-0.25, -0.2) is 4.79 Å². The zero-order valence-corrected chi connectivity index (χ0v) is 10.2. The van der Waals surface area contributed by atoms with Crippen molar-refractivity contribution in [3.05, 3.63) is 35.9 Å². The van der Waals surface area contributed by atoms with E-state index in [0.717, 1.165) is 12.8 Å². The summed E-state index contributed by atoms with van der Waals surface area (Å²) in [5.74, 6) is 0. The summed E-state index contributed by atoms with van der Waals surface area (Å²) in [5, 5.41) is 3.34. The third-order valence-corrected chi connectivity index (χ3v) is 2.60. The van der Waals surface area contributed by atoms with Gasteiger partial charge in [-0.05, 0) is 18.4 Å². The minimum Gasteiger partial charge on any atom is -0.448 e. The van der Waals surface area contributed by atoms with E-state index in [1.807, 2.05) is 18.2 Å². The van der Waals surface area contributed by atoms with Crippen molar-refractivity contribution in [1.29, 1.82) is 0 Å². The normalized spacial score (nSPS) is 12.1. The highest BCUT2D eigenvalue weighted by Gasteiger charge is 2.06. The van der Waals surface area contributed by atoms with Crippen molar-refractivity contribution < 1.29 is 9.53 Å². The molecule has 1 rings (SSSR count). The molecule has 0 aliphatic carbocycles. The molecule has 1 amide bonds. The molecule has 0 saturated carbocycles. The minimum atomic E-state index is -0.720. The minimum absolute atomic E-state index is 0.320. The van der Waals surface area contributed by atoms with Gasteiger partial charge < -0.3 is 15.8 Å². The average molecular weight is 236 g/mol. The van der Waals surface area contributed by atoms with Gasteiger partial charge in [0.1, 0.15) is 6.61 Å². The maximum Gasteiger partial charge on any atom is 0.404 e. The van der Waals surface area contributed by atoms with Crippen LogP contribution in [0.4, 0.5) is 4.79 Å². The molecular weight excluding hydrogens is 216 g/mol. The lowest BCUT2D eigenvalue weighted by Crippen LogP contribution is -2.34. The summed E-state index contributed by atoms with van der Waals surface area (Å²) in [6, 6.07) is 10.7. The largest absolute Gasteiger partial charge is 0.448 e. The monoisotopic (exact) mass is 236 g/mol. The van der Waals surface area contributed by atoms with Gasteiger partial charge in [0.15, 0.2) is 0 Å². The van der Waals surface area contributed by atoms with Gasteiger partial charge in [0, 0.05) is 12.6 Å². The van der Waals surface area contributed by atoms with Crippen LogP contribution in [0.5, 0.6) is 0 Å². The van der Waals surface area contributed by atoms with Crippen molar-refractivity contribution in [3.8, 4) is 0 Å². The van der Waals surface area contributed by atoms with Crippen molar-refractivity contribution in [2.24, 2.45) is 5.73 Å². The first-order valence-corrected chi connectivity index (χ1v) is 5.92. The fourth-order valence-electron chi connectivity index (χ4n) is 1.67. The molecule has 0 heterocycles. The molecule has 0 aliphatic heterocycles. The van der Waals surface area contributed by atoms with Gasteiger partial charge in [-0.15, -0.1) is 0 Å². The van der Waals surface area contributed by atoms with Gasteiger partial charge >= 0.3 is 6.09 Å². The second-order valence-electron chi connectivity index (χ2n) is 3.92. The Morgan fingerprint density at radius 3 is 2.71 bits per heavy atom. The quantitative estimate of drug-likeness (QED) is 0.708. The summed E-state index contributed by atoms with van der Waals surface area (Å²) in [5.41, 5.74) is 6.18. The number of hydrogen-bond donors (Lipinski definition) is 2. The van der Waals surface area contributed by atoms with Gasteiger partial charge in [-0.3, -0.25) is 0 Å². The maximum absolute atomic E-state index is 10.4. The number of hydrogen-bond acceptors (Lipinski definition) is 3. The second-order valence-corrected chi connectivity index (χ2v) is 3.92. The van der Waals surface area contributed by atoms with Gasteiger partial charge in [0.05, 0.1) is 0 Å². The Morgan fingerprint density at radius 2 is 2.12 bits per heavy atom. The van der Waals surface area contributed by atoms with E-state index in [2.05, 4.69) is 29.1 Å². The predicted octanol–water partition coefficient (Wildman–Crippen LogP) is 1.69. The average Bonchev–Trinajstić information content (AvgIpc) is 2.34. The highest BCUT2D eigenvalue weighted by Crippen LogP contribution is 2.05. The Morgan fingerprint density at radius 1 is 1.41 bits per heavy atom. The number of ether oxygens (including phenoxy) is 1. The van der Waals surface area contributed by atoms with Gasteiger partial charge in [0.2, 0.25) is 0 Å². The van der Waals surface area contributed by atoms with Crippen LogP contribution in [0.25, 0.3) is 0 Å². The molecule has 0 aromatic heterocycles. The van der Waals surface area contributed by atoms with Crippen molar-refractivity contribution in [1.82, 2.24) is 5.32 Å². The topological polar surface area (TPSA) is 64.3 Å². The third-order valence-electron chi connectivity index (χ3n) is 2.60. The van der Waals surface area contributed by atoms with Gasteiger partial charge in [0.25, 0.3) is 0 Å². The molecule has 3 N–H and O–H groups in total. The molecule has 1 unspecified atom stereocenters. The summed E-state index contributed by atoms with van der Waals surface area (Å²) in [4.78, 5) is 10.4. The molecule has 0 bridgehead atoms. The molecule has 4 nitrogen and oxygen atoms in total. The Labute approximate surface area is 102 Å². The maximum atomic E-state index is 10.4. The lowest BCUT2D eigenvalue weighted by molar-refractivity contribution is 0.156. The zero-order chi connectivity index (χ0) is 12.5. The number of rotatable bonds is 7. The van der Waals surface area contributed by atoms with E-state index < -0.39 is 6.09 Å². The lowest BCUT2D eigenvalue weighted by atomic mass is 10.0. The fraction of sp³-hybridized carbons (Fsp3) is 0.462. The lowest BCUT2D eigenvalue weighted by Gasteiger charge is -2.16. The molecule has 1 atom stereocenters. The van der Waals surface area contributed by atoms with Crippen molar-refractivity contribution >= 4 is 6.09 Å². The first kappa shape index (κ1) is 13.5. The van der Waals surface area contributed by atoms with Crippen LogP contribution in [0.3, 0.4) is 0 Å². The van der Waals surface area contributed by atoms with E-state index in [-0.39, 0.29) is 0 Å². The number of carbonyl (C=O) groups excluding carboxylic acids is 1. The molecule has 1 aromatic carbocycles. The van der Waals surface area contributed by atoms with E-state index in [0.29, 0.717) is 19.2 Å². The molecule has 0 aliphatic rings. The van der Waals surface area contributed by atoms with Crippen LogP contribution >= 0.6 is 0 Å². The summed E-state index contributed by atoms with van der Waals surface area (Å²) in [6.07, 6.45) is 1.29. The Bertz CT molecular complexity index is 327. The van der Waals surface area contributed by atoms with Gasteiger partial charge in [-0.2, -0.15) is 0 Å². The first-order valence-electron chi connectivity index (χ1n) is 5.92. The molecule has 94 valence electrons. The number of primary amides is 1. The van der Waals surface area contributed by atoms with Gasteiger partial charge in [-0.1, -0.05) is 37.3 Å². The molecule has 0 spiro atoms. The smallest absolute Gasteiger partial charge is 0.404 e. The Balaban J connectivity index is 2.27. The number of benzene rings is 1. The highest BCUT2D eigenvalue weighted by atomic mass is 16.5.